The number of nitrogens with two attached hydrogens (primary N) is 1. The van der Waals surface area contributed by atoms with Crippen LogP contribution in [0.3, 0.4) is 0 Å². The summed E-state index contributed by atoms with van der Waals surface area (Å²) in [6.07, 6.45) is 1.11. The fraction of sp³-hybridized carbons (Fsp3) is 0.438. The summed E-state index contributed by atoms with van der Waals surface area (Å²) in [5.74, 6) is -1.29. The topological polar surface area (TPSA) is 113 Å². The quantitative estimate of drug-likeness (QED) is 0.756. The van der Waals surface area contributed by atoms with E-state index in [9.17, 15) is 19.5 Å². The summed E-state index contributed by atoms with van der Waals surface area (Å²) >= 11 is 0. The van der Waals surface area contributed by atoms with E-state index in [1.165, 1.54) is 4.90 Å². The Morgan fingerprint density at radius 2 is 2.17 bits per heavy atom. The summed E-state index contributed by atoms with van der Waals surface area (Å²) in [4.78, 5) is 36.3. The Labute approximate surface area is 134 Å². The van der Waals surface area contributed by atoms with Gasteiger partial charge in [-0.15, -0.1) is 0 Å². The monoisotopic (exact) mass is 319 g/mol. The molecule has 0 aromatic heterocycles. The molecule has 23 heavy (non-hydrogen) atoms. The summed E-state index contributed by atoms with van der Waals surface area (Å²) in [6.45, 7) is 2.33. The number of hydrogen-bond acceptors (Lipinski definition) is 3. The first-order valence-corrected chi connectivity index (χ1v) is 7.53. The molecule has 124 valence electrons. The molecule has 2 atom stereocenters. The van der Waals surface area contributed by atoms with E-state index in [-0.39, 0.29) is 12.3 Å². The molecule has 3 amide bonds. The number of likely N-dealkylation sites (tertiary alicyclic amines) is 1. The smallest absolute Gasteiger partial charge is 0.326 e. The Morgan fingerprint density at radius 1 is 1.43 bits per heavy atom. The van der Waals surface area contributed by atoms with E-state index >= 15 is 0 Å². The molecule has 0 spiro atoms. The van der Waals surface area contributed by atoms with Crippen molar-refractivity contribution < 1.29 is 19.5 Å². The molecule has 1 fully saturated rings. The van der Waals surface area contributed by atoms with E-state index in [1.807, 2.05) is 25.1 Å². The maximum atomic E-state index is 12.5. The van der Waals surface area contributed by atoms with Crippen molar-refractivity contribution >= 4 is 17.9 Å². The minimum absolute atomic E-state index is 0.0177. The molecular formula is C16H21N3O4. The van der Waals surface area contributed by atoms with Crippen LogP contribution >= 0.6 is 0 Å². The van der Waals surface area contributed by atoms with Crippen LogP contribution in [-0.2, 0) is 9.59 Å². The van der Waals surface area contributed by atoms with Gasteiger partial charge in [0.2, 0.25) is 5.91 Å². The second kappa shape index (κ2) is 7.13. The number of primary amides is 1. The Hall–Kier alpha value is -2.57. The SMILES string of the molecule is Cc1cccc([C@@H](CC(=O)N2CCC[C@@H]2C(=O)O)NC(N)=O)c1. The van der Waals surface area contributed by atoms with Crippen molar-refractivity contribution in [3.63, 3.8) is 0 Å². The van der Waals surface area contributed by atoms with Gasteiger partial charge >= 0.3 is 12.0 Å². The molecule has 7 nitrogen and oxygen atoms in total. The maximum Gasteiger partial charge on any atom is 0.326 e. The summed E-state index contributed by atoms with van der Waals surface area (Å²) in [5.41, 5.74) is 6.97. The minimum atomic E-state index is -0.995. The molecule has 0 saturated carbocycles. The first kappa shape index (κ1) is 16.8. The van der Waals surface area contributed by atoms with Crippen LogP contribution in [0.1, 0.15) is 36.4 Å². The van der Waals surface area contributed by atoms with E-state index in [2.05, 4.69) is 5.32 Å². The van der Waals surface area contributed by atoms with Crippen LogP contribution < -0.4 is 11.1 Å². The van der Waals surface area contributed by atoms with Gasteiger partial charge in [-0.3, -0.25) is 4.79 Å². The molecule has 0 bridgehead atoms. The van der Waals surface area contributed by atoms with Gasteiger partial charge in [0.15, 0.2) is 0 Å². The molecular weight excluding hydrogens is 298 g/mol. The minimum Gasteiger partial charge on any atom is -0.480 e. The van der Waals surface area contributed by atoms with Gasteiger partial charge in [0, 0.05) is 6.54 Å². The Balaban J connectivity index is 2.15. The summed E-state index contributed by atoms with van der Waals surface area (Å²) < 4.78 is 0. The van der Waals surface area contributed by atoms with Gasteiger partial charge in [-0.05, 0) is 25.3 Å². The van der Waals surface area contributed by atoms with Gasteiger partial charge in [0.05, 0.1) is 12.5 Å². The Kier molecular flexibility index (Phi) is 5.20. The first-order valence-electron chi connectivity index (χ1n) is 7.53. The highest BCUT2D eigenvalue weighted by atomic mass is 16.4. The van der Waals surface area contributed by atoms with Crippen molar-refractivity contribution in [2.45, 2.75) is 38.3 Å². The van der Waals surface area contributed by atoms with E-state index in [0.717, 1.165) is 11.1 Å². The predicted octanol–water partition coefficient (Wildman–Crippen LogP) is 1.17. The molecule has 1 aromatic carbocycles. The molecule has 0 radical (unpaired) electrons. The number of carboxylic acid groups (broad SMARTS) is 1. The zero-order chi connectivity index (χ0) is 17.0. The number of carbonyl (C=O) groups is 3. The highest BCUT2D eigenvalue weighted by Gasteiger charge is 2.34. The first-order chi connectivity index (χ1) is 10.9. The number of nitrogens with one attached hydrogen (secondary N) is 1. The average molecular weight is 319 g/mol. The van der Waals surface area contributed by atoms with Crippen LogP contribution in [0.5, 0.6) is 0 Å². The third-order valence-corrected chi connectivity index (χ3v) is 4.00. The number of amides is 3. The maximum absolute atomic E-state index is 12.5. The standard InChI is InChI=1S/C16H21N3O4/c1-10-4-2-5-11(8-10)12(18-16(17)23)9-14(20)19-7-3-6-13(19)15(21)22/h2,4-5,8,12-13H,3,6-7,9H2,1H3,(H,21,22)(H3,17,18,23)/t12-,13-/m1/s1. The molecule has 1 aromatic rings. The zero-order valence-electron chi connectivity index (χ0n) is 13.0. The van der Waals surface area contributed by atoms with Crippen LogP contribution in [0.2, 0.25) is 0 Å². The van der Waals surface area contributed by atoms with Gasteiger partial charge in [-0.1, -0.05) is 29.8 Å². The van der Waals surface area contributed by atoms with Crippen molar-refractivity contribution in [1.29, 1.82) is 0 Å². The van der Waals surface area contributed by atoms with Crippen molar-refractivity contribution in [2.24, 2.45) is 5.73 Å². The van der Waals surface area contributed by atoms with E-state index < -0.39 is 24.1 Å². The van der Waals surface area contributed by atoms with Gasteiger partial charge in [0.1, 0.15) is 6.04 Å². The van der Waals surface area contributed by atoms with E-state index in [0.29, 0.717) is 19.4 Å². The normalized spacial score (nSPS) is 18.5. The predicted molar refractivity (Wildman–Crippen MR) is 83.6 cm³/mol. The van der Waals surface area contributed by atoms with Gasteiger partial charge in [-0.2, -0.15) is 0 Å². The second-order valence-electron chi connectivity index (χ2n) is 5.76. The molecule has 7 heteroatoms. The fourth-order valence-corrected chi connectivity index (χ4v) is 2.92. The van der Waals surface area contributed by atoms with Crippen LogP contribution in [0.4, 0.5) is 4.79 Å². The lowest BCUT2D eigenvalue weighted by atomic mass is 10.0. The zero-order valence-corrected chi connectivity index (χ0v) is 13.0. The van der Waals surface area contributed by atoms with Crippen molar-refractivity contribution in [2.75, 3.05) is 6.54 Å². The molecule has 1 aliphatic heterocycles. The van der Waals surface area contributed by atoms with Gasteiger partial charge in [0.25, 0.3) is 0 Å². The Bertz CT molecular complexity index is 617. The van der Waals surface area contributed by atoms with Crippen LogP contribution in [0.25, 0.3) is 0 Å². The lowest BCUT2D eigenvalue weighted by Crippen LogP contribution is -2.43. The number of rotatable bonds is 5. The fourth-order valence-electron chi connectivity index (χ4n) is 2.92. The summed E-state index contributed by atoms with van der Waals surface area (Å²) in [5, 5.41) is 11.7. The number of carboxylic acids is 1. The van der Waals surface area contributed by atoms with Crippen molar-refractivity contribution in [3.8, 4) is 0 Å². The number of aliphatic carboxylic acids is 1. The average Bonchev–Trinajstić information content (AvgIpc) is 2.95. The summed E-state index contributed by atoms with van der Waals surface area (Å²) in [6, 6.07) is 5.34. The van der Waals surface area contributed by atoms with Crippen molar-refractivity contribution in [1.82, 2.24) is 10.2 Å². The van der Waals surface area contributed by atoms with Crippen LogP contribution in [0.15, 0.2) is 24.3 Å². The second-order valence-corrected chi connectivity index (χ2v) is 5.76. The lowest BCUT2D eigenvalue weighted by molar-refractivity contribution is -0.148. The number of carbonyl (C=O) groups excluding carboxylic acids is 2. The van der Waals surface area contributed by atoms with E-state index in [1.54, 1.807) is 6.07 Å². The third-order valence-electron chi connectivity index (χ3n) is 4.00. The number of aryl methyl sites for hydroxylation is 1. The number of urea groups is 1. The van der Waals surface area contributed by atoms with Gasteiger partial charge in [-0.25, -0.2) is 9.59 Å². The molecule has 0 aliphatic carbocycles. The molecule has 0 unspecified atom stereocenters. The number of hydrogen-bond donors (Lipinski definition) is 3. The molecule has 1 aliphatic rings. The number of benzene rings is 1. The number of nitrogens with zero attached hydrogens (tertiary/aromatic N) is 1. The highest BCUT2D eigenvalue weighted by Crippen LogP contribution is 2.23. The van der Waals surface area contributed by atoms with Crippen LogP contribution in [0, 0.1) is 6.92 Å². The Morgan fingerprint density at radius 3 is 2.78 bits per heavy atom. The molecule has 1 heterocycles. The van der Waals surface area contributed by atoms with Crippen LogP contribution in [-0.4, -0.2) is 40.5 Å². The largest absolute Gasteiger partial charge is 0.480 e. The molecule has 4 N–H and O–H groups in total. The third kappa shape index (κ3) is 4.21. The van der Waals surface area contributed by atoms with Crippen molar-refractivity contribution in [3.05, 3.63) is 35.4 Å². The summed E-state index contributed by atoms with van der Waals surface area (Å²) in [7, 11) is 0. The highest BCUT2D eigenvalue weighted by molar-refractivity contribution is 5.85. The lowest BCUT2D eigenvalue weighted by Gasteiger charge is -2.25. The van der Waals surface area contributed by atoms with Gasteiger partial charge < -0.3 is 21.1 Å². The van der Waals surface area contributed by atoms with E-state index in [4.69, 9.17) is 5.73 Å². The molecule has 2 rings (SSSR count). The molecule has 1 saturated heterocycles.